The molecule has 0 aliphatic heterocycles. The highest BCUT2D eigenvalue weighted by atomic mass is 16.5. The number of fused-ring (bicyclic) bond motifs is 1. The molecule has 4 nitrogen and oxygen atoms in total. The quantitative estimate of drug-likeness (QED) is 0.426. The van der Waals surface area contributed by atoms with E-state index in [9.17, 15) is 0 Å². The Morgan fingerprint density at radius 3 is 2.34 bits per heavy atom. The zero-order valence-electron chi connectivity index (χ0n) is 16.6. The molecule has 0 N–H and O–H groups in total. The van der Waals surface area contributed by atoms with Crippen LogP contribution in [-0.4, -0.2) is 19.2 Å². The third kappa shape index (κ3) is 4.32. The number of nitrogens with zero attached hydrogens (tertiary/aromatic N) is 1. The van der Waals surface area contributed by atoms with Gasteiger partial charge in [-0.1, -0.05) is 36.4 Å². The fourth-order valence-electron chi connectivity index (χ4n) is 3.35. The molecule has 0 aliphatic rings. The molecule has 0 fully saturated rings. The van der Waals surface area contributed by atoms with Gasteiger partial charge in [-0.2, -0.15) is 0 Å². The largest absolute Gasteiger partial charge is 0.497 e. The standard InChI is InChI=1S/C25H23NO3/c1-27-21-10-7-18(8-11-21)17-29-24-12-9-19(16-25(24)28-2)15-20-13-14-26-23-6-4-3-5-22(20)23/h3-14,16H,15,17H2,1-2H3. The fourth-order valence-corrected chi connectivity index (χ4v) is 3.35. The van der Waals surface area contributed by atoms with Gasteiger partial charge in [-0.3, -0.25) is 4.98 Å². The highest BCUT2D eigenvalue weighted by Gasteiger charge is 2.09. The van der Waals surface area contributed by atoms with Crippen molar-refractivity contribution in [2.75, 3.05) is 14.2 Å². The summed E-state index contributed by atoms with van der Waals surface area (Å²) in [5, 5.41) is 1.17. The summed E-state index contributed by atoms with van der Waals surface area (Å²) in [6, 6.07) is 24.2. The number of hydrogen-bond donors (Lipinski definition) is 0. The van der Waals surface area contributed by atoms with Crippen LogP contribution in [-0.2, 0) is 13.0 Å². The Hall–Kier alpha value is -3.53. The molecule has 4 rings (SSSR count). The number of para-hydroxylation sites is 1. The van der Waals surface area contributed by atoms with Crippen LogP contribution in [0.1, 0.15) is 16.7 Å². The number of methoxy groups -OCH3 is 2. The Labute approximate surface area is 170 Å². The number of pyridine rings is 1. The summed E-state index contributed by atoms with van der Waals surface area (Å²) in [5.74, 6) is 2.29. The van der Waals surface area contributed by atoms with Crippen LogP contribution in [0.25, 0.3) is 10.9 Å². The van der Waals surface area contributed by atoms with Gasteiger partial charge in [-0.05, 0) is 59.5 Å². The summed E-state index contributed by atoms with van der Waals surface area (Å²) < 4.78 is 16.8. The number of hydrogen-bond acceptors (Lipinski definition) is 4. The van der Waals surface area contributed by atoms with E-state index in [1.165, 1.54) is 10.9 Å². The Kier molecular flexibility index (Phi) is 5.61. The number of ether oxygens (including phenoxy) is 3. The lowest BCUT2D eigenvalue weighted by molar-refractivity contribution is 0.284. The fraction of sp³-hybridized carbons (Fsp3) is 0.160. The zero-order valence-corrected chi connectivity index (χ0v) is 16.6. The van der Waals surface area contributed by atoms with Crippen LogP contribution in [0.3, 0.4) is 0 Å². The smallest absolute Gasteiger partial charge is 0.161 e. The molecule has 0 aliphatic carbocycles. The highest BCUT2D eigenvalue weighted by Crippen LogP contribution is 2.30. The van der Waals surface area contributed by atoms with Crippen LogP contribution in [0.15, 0.2) is 79.0 Å². The summed E-state index contributed by atoms with van der Waals surface area (Å²) in [5.41, 5.74) is 4.48. The van der Waals surface area contributed by atoms with Gasteiger partial charge in [0.05, 0.1) is 19.7 Å². The maximum atomic E-state index is 5.99. The van der Waals surface area contributed by atoms with Crippen LogP contribution in [0.5, 0.6) is 17.2 Å². The predicted octanol–water partition coefficient (Wildman–Crippen LogP) is 5.42. The van der Waals surface area contributed by atoms with Crippen LogP contribution in [0.2, 0.25) is 0 Å². The molecule has 146 valence electrons. The highest BCUT2D eigenvalue weighted by molar-refractivity contribution is 5.82. The number of aromatic nitrogens is 1. The van der Waals surface area contributed by atoms with Crippen molar-refractivity contribution in [1.29, 1.82) is 0 Å². The van der Waals surface area contributed by atoms with Gasteiger partial charge in [0.15, 0.2) is 11.5 Å². The average molecular weight is 385 g/mol. The molecule has 0 saturated carbocycles. The molecule has 0 unspecified atom stereocenters. The van der Waals surface area contributed by atoms with Crippen molar-refractivity contribution in [1.82, 2.24) is 4.98 Å². The molecule has 4 aromatic rings. The van der Waals surface area contributed by atoms with E-state index in [1.807, 2.05) is 60.8 Å². The molecule has 0 bridgehead atoms. The monoisotopic (exact) mass is 385 g/mol. The third-order valence-corrected chi connectivity index (χ3v) is 4.92. The van der Waals surface area contributed by atoms with Crippen molar-refractivity contribution < 1.29 is 14.2 Å². The molecular formula is C25H23NO3. The molecular weight excluding hydrogens is 362 g/mol. The third-order valence-electron chi connectivity index (χ3n) is 4.92. The maximum Gasteiger partial charge on any atom is 0.161 e. The van der Waals surface area contributed by atoms with E-state index in [-0.39, 0.29) is 0 Å². The molecule has 1 heterocycles. The van der Waals surface area contributed by atoms with Gasteiger partial charge in [0.2, 0.25) is 0 Å². The zero-order chi connectivity index (χ0) is 20.1. The van der Waals surface area contributed by atoms with Crippen molar-refractivity contribution in [2.24, 2.45) is 0 Å². The molecule has 0 amide bonds. The lowest BCUT2D eigenvalue weighted by atomic mass is 10.0. The van der Waals surface area contributed by atoms with Crippen molar-refractivity contribution in [3.05, 3.63) is 95.7 Å². The van der Waals surface area contributed by atoms with Gasteiger partial charge < -0.3 is 14.2 Å². The van der Waals surface area contributed by atoms with E-state index in [0.717, 1.165) is 40.3 Å². The normalized spacial score (nSPS) is 10.7. The van der Waals surface area contributed by atoms with Gasteiger partial charge in [0.1, 0.15) is 12.4 Å². The second kappa shape index (κ2) is 8.65. The minimum Gasteiger partial charge on any atom is -0.497 e. The van der Waals surface area contributed by atoms with Crippen molar-refractivity contribution in [3.63, 3.8) is 0 Å². The second-order valence-corrected chi connectivity index (χ2v) is 6.79. The van der Waals surface area contributed by atoms with Gasteiger partial charge in [0.25, 0.3) is 0 Å². The minimum atomic E-state index is 0.467. The van der Waals surface area contributed by atoms with Crippen molar-refractivity contribution >= 4 is 10.9 Å². The summed E-state index contributed by atoms with van der Waals surface area (Å²) >= 11 is 0. The predicted molar refractivity (Wildman–Crippen MR) is 115 cm³/mol. The van der Waals surface area contributed by atoms with Gasteiger partial charge in [-0.25, -0.2) is 0 Å². The molecule has 4 heteroatoms. The summed E-state index contributed by atoms with van der Waals surface area (Å²) in [7, 11) is 3.33. The van der Waals surface area contributed by atoms with Crippen LogP contribution >= 0.6 is 0 Å². The minimum absolute atomic E-state index is 0.467. The van der Waals surface area contributed by atoms with E-state index in [1.54, 1.807) is 14.2 Å². The summed E-state index contributed by atoms with van der Waals surface area (Å²) in [6.45, 7) is 0.467. The summed E-state index contributed by atoms with van der Waals surface area (Å²) in [6.07, 6.45) is 2.67. The van der Waals surface area contributed by atoms with Crippen LogP contribution in [0, 0.1) is 0 Å². The number of benzene rings is 3. The second-order valence-electron chi connectivity index (χ2n) is 6.79. The van der Waals surface area contributed by atoms with E-state index in [2.05, 4.69) is 23.2 Å². The molecule has 0 radical (unpaired) electrons. The van der Waals surface area contributed by atoms with Gasteiger partial charge in [-0.15, -0.1) is 0 Å². The number of rotatable bonds is 7. The molecule has 29 heavy (non-hydrogen) atoms. The first-order chi connectivity index (χ1) is 14.3. The van der Waals surface area contributed by atoms with E-state index >= 15 is 0 Å². The van der Waals surface area contributed by atoms with E-state index in [4.69, 9.17) is 14.2 Å². The lowest BCUT2D eigenvalue weighted by Gasteiger charge is -2.13. The van der Waals surface area contributed by atoms with Crippen molar-refractivity contribution in [2.45, 2.75) is 13.0 Å². The van der Waals surface area contributed by atoms with Gasteiger partial charge in [0, 0.05) is 11.6 Å². The topological polar surface area (TPSA) is 40.6 Å². The first kappa shape index (κ1) is 18.8. The Balaban J connectivity index is 1.51. The molecule has 0 saturated heterocycles. The first-order valence-electron chi connectivity index (χ1n) is 9.52. The molecule has 0 atom stereocenters. The van der Waals surface area contributed by atoms with Crippen molar-refractivity contribution in [3.8, 4) is 17.2 Å². The van der Waals surface area contributed by atoms with E-state index < -0.39 is 0 Å². The summed E-state index contributed by atoms with van der Waals surface area (Å²) in [4.78, 5) is 4.44. The average Bonchev–Trinajstić information content (AvgIpc) is 2.78. The van der Waals surface area contributed by atoms with Crippen LogP contribution in [0.4, 0.5) is 0 Å². The Morgan fingerprint density at radius 1 is 0.759 bits per heavy atom. The Bertz CT molecular complexity index is 1100. The molecule has 1 aromatic heterocycles. The molecule has 3 aromatic carbocycles. The first-order valence-corrected chi connectivity index (χ1v) is 9.52. The van der Waals surface area contributed by atoms with Crippen LogP contribution < -0.4 is 14.2 Å². The lowest BCUT2D eigenvalue weighted by Crippen LogP contribution is -1.99. The maximum absolute atomic E-state index is 5.99. The van der Waals surface area contributed by atoms with Gasteiger partial charge >= 0.3 is 0 Å². The SMILES string of the molecule is COc1ccc(COc2ccc(Cc3ccnc4ccccc34)cc2OC)cc1. The molecule has 0 spiro atoms. The van der Waals surface area contributed by atoms with E-state index in [0.29, 0.717) is 6.61 Å². The Morgan fingerprint density at radius 2 is 1.55 bits per heavy atom.